The molecule has 0 unspecified atom stereocenters. The number of amides is 1. The summed E-state index contributed by atoms with van der Waals surface area (Å²) in [6, 6.07) is 19.4. The number of imidazole rings is 1. The minimum absolute atomic E-state index is 0.246. The van der Waals surface area contributed by atoms with E-state index in [9.17, 15) is 9.18 Å². The van der Waals surface area contributed by atoms with E-state index in [2.05, 4.69) is 51.2 Å². The van der Waals surface area contributed by atoms with E-state index in [1.807, 2.05) is 17.2 Å². The summed E-state index contributed by atoms with van der Waals surface area (Å²) >= 11 is 0. The fourth-order valence-electron chi connectivity index (χ4n) is 5.46. The van der Waals surface area contributed by atoms with Crippen LogP contribution in [-0.4, -0.2) is 43.6 Å². The van der Waals surface area contributed by atoms with Gasteiger partial charge in [0.05, 0.1) is 22.7 Å². The summed E-state index contributed by atoms with van der Waals surface area (Å²) in [6.45, 7) is 2.29. The van der Waals surface area contributed by atoms with E-state index in [4.69, 9.17) is 4.98 Å². The number of aromatic nitrogens is 4. The van der Waals surface area contributed by atoms with E-state index in [1.54, 1.807) is 12.1 Å². The van der Waals surface area contributed by atoms with Crippen LogP contribution in [0.25, 0.3) is 44.5 Å². The highest BCUT2D eigenvalue weighted by atomic mass is 19.1. The number of hydrogen-bond donors (Lipinski definition) is 1. The normalized spacial score (nSPS) is 17.9. The molecule has 1 amide bonds. The molecule has 7 heteroatoms. The number of carbonyl (C=O) groups excluding carboxylic acids is 1. The molecule has 36 heavy (non-hydrogen) atoms. The van der Waals surface area contributed by atoms with Gasteiger partial charge >= 0.3 is 0 Å². The number of benzene rings is 3. The Kier molecular flexibility index (Phi) is 4.91. The van der Waals surface area contributed by atoms with Gasteiger partial charge in [-0.15, -0.1) is 0 Å². The number of H-pyrrole nitrogens is 1. The van der Waals surface area contributed by atoms with Gasteiger partial charge in [0.1, 0.15) is 11.6 Å². The molecule has 1 saturated carbocycles. The maximum atomic E-state index is 14.2. The summed E-state index contributed by atoms with van der Waals surface area (Å²) in [6.07, 6.45) is 4.85. The number of rotatable bonds is 5. The first-order valence-electron chi connectivity index (χ1n) is 12.6. The van der Waals surface area contributed by atoms with Crippen molar-refractivity contribution >= 4 is 27.8 Å². The Bertz CT molecular complexity index is 1600. The molecule has 3 aromatic carbocycles. The second-order valence-electron chi connectivity index (χ2n) is 10.1. The monoisotopic (exact) mass is 479 g/mol. The molecule has 0 spiro atoms. The van der Waals surface area contributed by atoms with Gasteiger partial charge in [-0.3, -0.25) is 9.89 Å². The van der Waals surface area contributed by atoms with E-state index in [1.165, 1.54) is 6.07 Å². The molecule has 5 aromatic rings. The van der Waals surface area contributed by atoms with Crippen LogP contribution in [0, 0.1) is 17.7 Å². The molecule has 3 heterocycles. The second-order valence-corrected chi connectivity index (χ2v) is 10.1. The quantitative estimate of drug-likeness (QED) is 0.355. The van der Waals surface area contributed by atoms with Gasteiger partial charge in [0.25, 0.3) is 0 Å². The summed E-state index contributed by atoms with van der Waals surface area (Å²) < 4.78 is 16.4. The summed E-state index contributed by atoms with van der Waals surface area (Å²) in [5.74, 6) is 1.45. The predicted molar refractivity (Wildman–Crippen MR) is 138 cm³/mol. The third-order valence-corrected chi connectivity index (χ3v) is 7.59. The Morgan fingerprint density at radius 3 is 2.61 bits per heavy atom. The van der Waals surface area contributed by atoms with Crippen molar-refractivity contribution in [1.82, 2.24) is 24.6 Å². The summed E-state index contributed by atoms with van der Waals surface area (Å²) in [4.78, 5) is 19.5. The Balaban J connectivity index is 1.21. The predicted octanol–water partition coefficient (Wildman–Crippen LogP) is 5.64. The number of aromatic amines is 1. The van der Waals surface area contributed by atoms with Crippen molar-refractivity contribution < 1.29 is 9.18 Å². The smallest absolute Gasteiger partial charge is 0.225 e. The average molecular weight is 480 g/mol. The summed E-state index contributed by atoms with van der Waals surface area (Å²) in [7, 11) is 0. The molecule has 1 aliphatic heterocycles. The molecule has 0 bridgehead atoms. The van der Waals surface area contributed by atoms with Crippen molar-refractivity contribution in [1.29, 1.82) is 0 Å². The van der Waals surface area contributed by atoms with Crippen molar-refractivity contribution in [2.24, 2.45) is 11.8 Å². The molecule has 1 aliphatic carbocycles. The minimum Gasteiger partial charge on any atom is -0.342 e. The van der Waals surface area contributed by atoms with Crippen molar-refractivity contribution in [2.75, 3.05) is 13.1 Å². The molecule has 2 fully saturated rings. The fraction of sp³-hybridized carbons (Fsp3) is 0.276. The van der Waals surface area contributed by atoms with Crippen LogP contribution in [0.2, 0.25) is 0 Å². The van der Waals surface area contributed by atoms with E-state index >= 15 is 0 Å². The fourth-order valence-corrected chi connectivity index (χ4v) is 5.46. The highest BCUT2D eigenvalue weighted by Crippen LogP contribution is 2.34. The maximum Gasteiger partial charge on any atom is 0.225 e. The van der Waals surface area contributed by atoms with Crippen molar-refractivity contribution in [3.8, 4) is 22.5 Å². The number of nitrogens with one attached hydrogen (secondary N) is 1. The van der Waals surface area contributed by atoms with Gasteiger partial charge < -0.3 is 9.47 Å². The Labute approximate surface area is 207 Å². The maximum absolute atomic E-state index is 14.2. The Hall–Kier alpha value is -4.00. The van der Waals surface area contributed by atoms with Crippen molar-refractivity contribution in [3.63, 3.8) is 0 Å². The first-order valence-corrected chi connectivity index (χ1v) is 12.6. The van der Waals surface area contributed by atoms with Crippen LogP contribution in [0.4, 0.5) is 4.39 Å². The number of halogens is 1. The first-order chi connectivity index (χ1) is 17.6. The topological polar surface area (TPSA) is 66.8 Å². The highest BCUT2D eigenvalue weighted by molar-refractivity contribution is 5.85. The number of hydrogen-bond acceptors (Lipinski definition) is 3. The van der Waals surface area contributed by atoms with Crippen LogP contribution in [0.5, 0.6) is 0 Å². The zero-order valence-corrected chi connectivity index (χ0v) is 19.8. The number of carbonyl (C=O) groups is 1. The molecule has 2 aromatic heterocycles. The standard InChI is InChI=1S/C29H26FN5O/c30-24-8-10-26-27(14-24)35(17-18-11-12-34(16-18)29(36)21-5-6-21)28(32-26)20-3-1-19(2-4-20)22-7-9-25-23(13-22)15-31-33-25/h1-4,7-10,13-15,18,21H,5-6,11-12,16-17H2,(H,31,33)/t18-/m0/s1. The summed E-state index contributed by atoms with van der Waals surface area (Å²) in [5.41, 5.74) is 5.82. The minimum atomic E-state index is -0.267. The van der Waals surface area contributed by atoms with E-state index in [0.717, 1.165) is 76.8 Å². The molecule has 2 aliphatic rings. The molecule has 0 radical (unpaired) electrons. The van der Waals surface area contributed by atoms with Crippen LogP contribution in [-0.2, 0) is 11.3 Å². The molecule has 1 saturated heterocycles. The second kappa shape index (κ2) is 8.29. The molecule has 6 nitrogen and oxygen atoms in total. The lowest BCUT2D eigenvalue weighted by Crippen LogP contribution is -2.30. The van der Waals surface area contributed by atoms with Crippen LogP contribution in [0.15, 0.2) is 66.9 Å². The third-order valence-electron chi connectivity index (χ3n) is 7.59. The number of likely N-dealkylation sites (tertiary alicyclic amines) is 1. The van der Waals surface area contributed by atoms with Crippen LogP contribution in [0.3, 0.4) is 0 Å². The van der Waals surface area contributed by atoms with Gasteiger partial charge in [0.15, 0.2) is 0 Å². The Morgan fingerprint density at radius 1 is 0.972 bits per heavy atom. The molecular formula is C29H26FN5O. The van der Waals surface area contributed by atoms with Crippen LogP contribution in [0.1, 0.15) is 19.3 Å². The third kappa shape index (κ3) is 3.75. The van der Waals surface area contributed by atoms with E-state index in [-0.39, 0.29) is 11.7 Å². The van der Waals surface area contributed by atoms with Gasteiger partial charge in [0.2, 0.25) is 5.91 Å². The number of fused-ring (bicyclic) bond motifs is 2. The SMILES string of the molecule is O=C(C1CC1)N1CC[C@H](Cn2c(-c3ccc(-c4ccc5[nH]ncc5c4)cc3)nc3ccc(F)cc32)C1. The van der Waals surface area contributed by atoms with Gasteiger partial charge in [-0.2, -0.15) is 5.10 Å². The first kappa shape index (κ1) is 21.3. The van der Waals surface area contributed by atoms with E-state index in [0.29, 0.717) is 18.4 Å². The zero-order valence-electron chi connectivity index (χ0n) is 19.8. The lowest BCUT2D eigenvalue weighted by Gasteiger charge is -2.18. The Morgan fingerprint density at radius 2 is 1.78 bits per heavy atom. The average Bonchev–Trinajstić information content (AvgIpc) is 3.30. The van der Waals surface area contributed by atoms with Crippen LogP contribution < -0.4 is 0 Å². The van der Waals surface area contributed by atoms with Crippen LogP contribution >= 0.6 is 0 Å². The molecule has 1 atom stereocenters. The van der Waals surface area contributed by atoms with Gasteiger partial charge in [-0.25, -0.2) is 9.37 Å². The lowest BCUT2D eigenvalue weighted by atomic mass is 10.0. The summed E-state index contributed by atoms with van der Waals surface area (Å²) in [5, 5.41) is 8.17. The molecule has 180 valence electrons. The highest BCUT2D eigenvalue weighted by Gasteiger charge is 2.36. The largest absolute Gasteiger partial charge is 0.342 e. The zero-order chi connectivity index (χ0) is 24.2. The molecule has 7 rings (SSSR count). The van der Waals surface area contributed by atoms with Crippen molar-refractivity contribution in [3.05, 3.63) is 72.7 Å². The molecular weight excluding hydrogens is 453 g/mol. The van der Waals surface area contributed by atoms with Crippen molar-refractivity contribution in [2.45, 2.75) is 25.8 Å². The van der Waals surface area contributed by atoms with Gasteiger partial charge in [-0.1, -0.05) is 30.3 Å². The molecule has 1 N–H and O–H groups in total. The number of nitrogens with zero attached hydrogens (tertiary/aromatic N) is 4. The van der Waals surface area contributed by atoms with Gasteiger partial charge in [-0.05, 0) is 66.6 Å². The van der Waals surface area contributed by atoms with Gasteiger partial charge in [0, 0.05) is 36.5 Å². The lowest BCUT2D eigenvalue weighted by molar-refractivity contribution is -0.131. The van der Waals surface area contributed by atoms with E-state index < -0.39 is 0 Å².